The van der Waals surface area contributed by atoms with Gasteiger partial charge in [-0.3, -0.25) is 0 Å². The Hall–Kier alpha value is -2.01. The number of hydrogen-bond donors (Lipinski definition) is 1. The molecule has 0 amide bonds. The lowest BCUT2D eigenvalue weighted by atomic mass is 10.2. The van der Waals surface area contributed by atoms with Crippen molar-refractivity contribution in [2.45, 2.75) is 6.54 Å². The molecule has 1 aliphatic rings. The first-order valence-corrected chi connectivity index (χ1v) is 6.78. The van der Waals surface area contributed by atoms with Crippen molar-refractivity contribution in [2.24, 2.45) is 0 Å². The highest BCUT2D eigenvalue weighted by molar-refractivity contribution is 6.33. The topological polar surface area (TPSA) is 30.5 Å². The number of benzene rings is 2. The Kier molecular flexibility index (Phi) is 3.84. The van der Waals surface area contributed by atoms with Gasteiger partial charge >= 0.3 is 0 Å². The number of ether oxygens (including phenoxy) is 2. The van der Waals surface area contributed by atoms with Gasteiger partial charge in [0, 0.05) is 18.7 Å². The largest absolute Gasteiger partial charge is 0.486 e. The fourth-order valence-corrected chi connectivity index (χ4v) is 2.27. The molecular formula is C15H12ClF2NO2. The Balaban J connectivity index is 1.77. The van der Waals surface area contributed by atoms with Crippen molar-refractivity contribution in [1.82, 2.24) is 0 Å². The molecule has 3 nitrogen and oxygen atoms in total. The van der Waals surface area contributed by atoms with Gasteiger partial charge in [-0.1, -0.05) is 17.7 Å². The molecule has 6 heteroatoms. The van der Waals surface area contributed by atoms with Crippen LogP contribution in [0, 0.1) is 11.6 Å². The first-order valence-electron chi connectivity index (χ1n) is 6.40. The molecule has 3 rings (SSSR count). The minimum atomic E-state index is -0.873. The van der Waals surface area contributed by atoms with E-state index in [9.17, 15) is 8.78 Å². The summed E-state index contributed by atoms with van der Waals surface area (Å²) in [7, 11) is 0. The Labute approximate surface area is 125 Å². The van der Waals surface area contributed by atoms with E-state index in [-0.39, 0.29) is 0 Å². The summed E-state index contributed by atoms with van der Waals surface area (Å²) in [6.45, 7) is 1.29. The Bertz CT molecular complexity index is 679. The van der Waals surface area contributed by atoms with Crippen LogP contribution in [0.15, 0.2) is 30.3 Å². The zero-order chi connectivity index (χ0) is 14.8. The summed E-state index contributed by atoms with van der Waals surface area (Å²) in [6, 6.07) is 7.16. The van der Waals surface area contributed by atoms with Gasteiger partial charge in [-0.15, -0.1) is 0 Å². The van der Waals surface area contributed by atoms with E-state index in [1.165, 1.54) is 6.07 Å². The van der Waals surface area contributed by atoms with Crippen LogP contribution in [0.4, 0.5) is 14.5 Å². The zero-order valence-corrected chi connectivity index (χ0v) is 11.7. The average Bonchev–Trinajstić information content (AvgIpc) is 2.48. The van der Waals surface area contributed by atoms with Crippen molar-refractivity contribution >= 4 is 17.3 Å². The molecule has 21 heavy (non-hydrogen) atoms. The number of rotatable bonds is 3. The summed E-state index contributed by atoms with van der Waals surface area (Å²) < 4.78 is 36.9. The maximum absolute atomic E-state index is 13.1. The molecule has 1 N–H and O–H groups in total. The zero-order valence-electron chi connectivity index (χ0n) is 11.0. The molecule has 0 saturated heterocycles. The van der Waals surface area contributed by atoms with Crippen molar-refractivity contribution in [2.75, 3.05) is 18.5 Å². The first-order chi connectivity index (χ1) is 10.1. The van der Waals surface area contributed by atoms with Crippen LogP contribution < -0.4 is 14.8 Å². The second kappa shape index (κ2) is 5.77. The molecule has 0 unspecified atom stereocenters. The van der Waals surface area contributed by atoms with Crippen molar-refractivity contribution in [3.63, 3.8) is 0 Å². The first kappa shape index (κ1) is 13.9. The minimum absolute atomic E-state index is 0.316. The van der Waals surface area contributed by atoms with Crippen molar-refractivity contribution in [3.8, 4) is 11.5 Å². The molecule has 2 aromatic rings. The van der Waals surface area contributed by atoms with Crippen molar-refractivity contribution < 1.29 is 18.3 Å². The third-order valence-electron chi connectivity index (χ3n) is 3.10. The Morgan fingerprint density at radius 3 is 2.43 bits per heavy atom. The molecule has 110 valence electrons. The van der Waals surface area contributed by atoms with E-state index in [1.54, 1.807) is 12.1 Å². The Morgan fingerprint density at radius 1 is 1.00 bits per heavy atom. The maximum atomic E-state index is 13.1. The van der Waals surface area contributed by atoms with Crippen LogP contribution in [-0.4, -0.2) is 13.2 Å². The lowest BCUT2D eigenvalue weighted by molar-refractivity contribution is 0.171. The van der Waals surface area contributed by atoms with E-state index >= 15 is 0 Å². The van der Waals surface area contributed by atoms with Gasteiger partial charge in [0.2, 0.25) is 0 Å². The lowest BCUT2D eigenvalue weighted by Crippen LogP contribution is -2.15. The second-order valence-corrected chi connectivity index (χ2v) is 4.98. The SMILES string of the molecule is Fc1ccc(CNc2cc3c(cc2Cl)OCCO3)cc1F. The fourth-order valence-electron chi connectivity index (χ4n) is 2.05. The van der Waals surface area contributed by atoms with Crippen LogP contribution in [0.3, 0.4) is 0 Å². The number of nitrogens with one attached hydrogen (secondary N) is 1. The van der Waals surface area contributed by atoms with Gasteiger partial charge in [-0.2, -0.15) is 0 Å². The summed E-state index contributed by atoms with van der Waals surface area (Å²) >= 11 is 6.15. The van der Waals surface area contributed by atoms with Gasteiger partial charge in [0.15, 0.2) is 23.1 Å². The van der Waals surface area contributed by atoms with E-state index in [4.69, 9.17) is 21.1 Å². The standard InChI is InChI=1S/C15H12ClF2NO2/c16-10-6-14-15(21-4-3-20-14)7-13(10)19-8-9-1-2-11(17)12(18)5-9/h1-2,5-7,19H,3-4,8H2. The number of hydrogen-bond acceptors (Lipinski definition) is 3. The molecule has 0 bridgehead atoms. The predicted molar refractivity (Wildman–Crippen MR) is 76.1 cm³/mol. The highest BCUT2D eigenvalue weighted by Crippen LogP contribution is 2.38. The van der Waals surface area contributed by atoms with Crippen LogP contribution in [0.2, 0.25) is 5.02 Å². The molecule has 0 radical (unpaired) electrons. The third-order valence-corrected chi connectivity index (χ3v) is 3.41. The highest BCUT2D eigenvalue weighted by Gasteiger charge is 2.15. The molecule has 0 aromatic heterocycles. The van der Waals surface area contributed by atoms with Gasteiger partial charge < -0.3 is 14.8 Å². The second-order valence-electron chi connectivity index (χ2n) is 4.58. The smallest absolute Gasteiger partial charge is 0.163 e. The molecule has 0 aliphatic carbocycles. The van der Waals surface area contributed by atoms with E-state index in [0.29, 0.717) is 47.5 Å². The summed E-state index contributed by atoms with van der Waals surface area (Å²) in [5.74, 6) is -0.526. The minimum Gasteiger partial charge on any atom is -0.486 e. The average molecular weight is 312 g/mol. The highest BCUT2D eigenvalue weighted by atomic mass is 35.5. The molecule has 1 heterocycles. The van der Waals surface area contributed by atoms with Crippen molar-refractivity contribution in [3.05, 3.63) is 52.6 Å². The normalized spacial score (nSPS) is 13.1. The monoisotopic (exact) mass is 311 g/mol. The molecular weight excluding hydrogens is 300 g/mol. The molecule has 1 aliphatic heterocycles. The van der Waals surface area contributed by atoms with Crippen LogP contribution in [0.1, 0.15) is 5.56 Å². The van der Waals surface area contributed by atoms with Crippen LogP contribution in [0.25, 0.3) is 0 Å². The van der Waals surface area contributed by atoms with Crippen LogP contribution >= 0.6 is 11.6 Å². The van der Waals surface area contributed by atoms with E-state index in [1.807, 2.05) is 0 Å². The number of anilines is 1. The van der Waals surface area contributed by atoms with Crippen LogP contribution in [-0.2, 0) is 6.54 Å². The lowest BCUT2D eigenvalue weighted by Gasteiger charge is -2.20. The van der Waals surface area contributed by atoms with E-state index in [0.717, 1.165) is 12.1 Å². The molecule has 0 fully saturated rings. The third kappa shape index (κ3) is 3.03. The van der Waals surface area contributed by atoms with Gasteiger partial charge in [0.25, 0.3) is 0 Å². The Morgan fingerprint density at radius 2 is 1.71 bits per heavy atom. The maximum Gasteiger partial charge on any atom is 0.163 e. The predicted octanol–water partition coefficient (Wildman–Crippen LogP) is 4.00. The van der Waals surface area contributed by atoms with E-state index < -0.39 is 11.6 Å². The van der Waals surface area contributed by atoms with E-state index in [2.05, 4.69) is 5.32 Å². The molecule has 2 aromatic carbocycles. The van der Waals surface area contributed by atoms with Gasteiger partial charge in [-0.05, 0) is 17.7 Å². The van der Waals surface area contributed by atoms with Gasteiger partial charge in [0.05, 0.1) is 10.7 Å². The van der Waals surface area contributed by atoms with Crippen LogP contribution in [0.5, 0.6) is 11.5 Å². The van der Waals surface area contributed by atoms with Gasteiger partial charge in [-0.25, -0.2) is 8.78 Å². The molecule has 0 saturated carbocycles. The molecule has 0 spiro atoms. The molecule has 0 atom stereocenters. The van der Waals surface area contributed by atoms with Gasteiger partial charge in [0.1, 0.15) is 13.2 Å². The summed E-state index contributed by atoms with van der Waals surface area (Å²) in [5, 5.41) is 3.54. The quantitative estimate of drug-likeness (QED) is 0.929. The number of fused-ring (bicyclic) bond motifs is 1. The van der Waals surface area contributed by atoms with Crippen molar-refractivity contribution in [1.29, 1.82) is 0 Å². The fraction of sp³-hybridized carbons (Fsp3) is 0.200. The number of halogens is 3. The summed E-state index contributed by atoms with van der Waals surface area (Å²) in [5.41, 5.74) is 1.26. The summed E-state index contributed by atoms with van der Waals surface area (Å²) in [6.07, 6.45) is 0. The summed E-state index contributed by atoms with van der Waals surface area (Å²) in [4.78, 5) is 0.